The van der Waals surface area contributed by atoms with Gasteiger partial charge in [-0.2, -0.15) is 0 Å². The normalized spacial score (nSPS) is 20.0. The molecule has 0 saturated carbocycles. The minimum atomic E-state index is -0.212. The summed E-state index contributed by atoms with van der Waals surface area (Å²) < 4.78 is 0. The largest absolute Gasteiger partial charge is 0.359 e. The Morgan fingerprint density at radius 2 is 2.05 bits per heavy atom. The molecule has 1 aliphatic heterocycles. The van der Waals surface area contributed by atoms with Gasteiger partial charge in [0.2, 0.25) is 5.91 Å². The molecule has 1 aromatic rings. The average Bonchev–Trinajstić information content (AvgIpc) is 2.67. The number of carbonyl (C=O) groups is 2. The van der Waals surface area contributed by atoms with E-state index in [9.17, 15) is 9.59 Å². The van der Waals surface area contributed by atoms with Crippen LogP contribution in [0.5, 0.6) is 0 Å². The second-order valence-electron chi connectivity index (χ2n) is 5.49. The third kappa shape index (κ3) is 3.78. The van der Waals surface area contributed by atoms with Crippen LogP contribution in [-0.2, 0) is 4.79 Å². The Balaban J connectivity index is 2.17. The van der Waals surface area contributed by atoms with Gasteiger partial charge < -0.3 is 15.1 Å². The van der Waals surface area contributed by atoms with E-state index in [-0.39, 0.29) is 17.7 Å². The van der Waals surface area contributed by atoms with Gasteiger partial charge in [-0.05, 0) is 26.1 Å². The van der Waals surface area contributed by atoms with Crippen molar-refractivity contribution in [3.8, 4) is 0 Å². The number of hydrogen-bond donors (Lipinski definition) is 1. The fraction of sp³-hybridized carbons (Fsp3) is 0.533. The van der Waals surface area contributed by atoms with Crippen molar-refractivity contribution in [1.29, 1.82) is 0 Å². The number of amides is 2. The van der Waals surface area contributed by atoms with Crippen molar-refractivity contribution in [3.05, 3.63) is 29.6 Å². The van der Waals surface area contributed by atoms with Crippen molar-refractivity contribution in [2.24, 2.45) is 5.92 Å². The monoisotopic (exact) mass is 290 g/mol. The average molecular weight is 290 g/mol. The molecule has 114 valence electrons. The van der Waals surface area contributed by atoms with E-state index in [4.69, 9.17) is 0 Å². The lowest BCUT2D eigenvalue weighted by molar-refractivity contribution is -0.125. The van der Waals surface area contributed by atoms with Crippen LogP contribution in [0.15, 0.2) is 18.2 Å². The first kappa shape index (κ1) is 15.4. The Bertz CT molecular complexity index is 532. The van der Waals surface area contributed by atoms with E-state index >= 15 is 0 Å². The van der Waals surface area contributed by atoms with Gasteiger partial charge in [0.1, 0.15) is 5.69 Å². The molecule has 6 heteroatoms. The van der Waals surface area contributed by atoms with Gasteiger partial charge in [0.25, 0.3) is 5.91 Å². The summed E-state index contributed by atoms with van der Waals surface area (Å²) in [5.74, 6) is -0.349. The number of aryl methyl sites for hydroxylation is 1. The van der Waals surface area contributed by atoms with Crippen LogP contribution in [0.25, 0.3) is 0 Å². The van der Waals surface area contributed by atoms with Crippen molar-refractivity contribution < 1.29 is 9.59 Å². The number of aromatic nitrogens is 1. The van der Waals surface area contributed by atoms with Gasteiger partial charge in [-0.3, -0.25) is 9.59 Å². The zero-order chi connectivity index (χ0) is 15.4. The Morgan fingerprint density at radius 3 is 2.71 bits per heavy atom. The van der Waals surface area contributed by atoms with Gasteiger partial charge in [-0.25, -0.2) is 4.98 Å². The molecule has 21 heavy (non-hydrogen) atoms. The van der Waals surface area contributed by atoms with Gasteiger partial charge in [-0.15, -0.1) is 0 Å². The van der Waals surface area contributed by atoms with Crippen LogP contribution in [0.4, 0.5) is 0 Å². The lowest BCUT2D eigenvalue weighted by Crippen LogP contribution is -2.41. The molecule has 1 saturated heterocycles. The fourth-order valence-electron chi connectivity index (χ4n) is 2.55. The molecular formula is C15H22N4O2. The van der Waals surface area contributed by atoms with Gasteiger partial charge in [0, 0.05) is 38.9 Å². The zero-order valence-corrected chi connectivity index (χ0v) is 12.8. The minimum Gasteiger partial charge on any atom is -0.359 e. The van der Waals surface area contributed by atoms with Crippen LogP contribution in [0.3, 0.4) is 0 Å². The number of likely N-dealkylation sites (N-methyl/N-ethyl adjacent to an activating group) is 1. The molecule has 2 amide bonds. The van der Waals surface area contributed by atoms with Crippen LogP contribution in [0.2, 0.25) is 0 Å². The maximum Gasteiger partial charge on any atom is 0.272 e. The van der Waals surface area contributed by atoms with E-state index in [0.717, 1.165) is 12.2 Å². The fourth-order valence-corrected chi connectivity index (χ4v) is 2.55. The van der Waals surface area contributed by atoms with Crippen molar-refractivity contribution in [2.75, 3.05) is 40.3 Å². The molecule has 1 N–H and O–H groups in total. The standard InChI is InChI=1S/C15H22N4O2/c1-11-5-4-6-13(17-11)15(21)19-8-7-18(3)9-12(10-19)14(20)16-2/h4-6,12H,7-10H2,1-3H3,(H,16,20)/t12-/m1/s1. The first-order valence-electron chi connectivity index (χ1n) is 7.14. The first-order chi connectivity index (χ1) is 10.0. The Hall–Kier alpha value is -1.95. The lowest BCUT2D eigenvalue weighted by atomic mass is 10.1. The highest BCUT2D eigenvalue weighted by Gasteiger charge is 2.29. The van der Waals surface area contributed by atoms with Gasteiger partial charge in [-0.1, -0.05) is 6.07 Å². The maximum absolute atomic E-state index is 12.6. The highest BCUT2D eigenvalue weighted by molar-refractivity contribution is 5.92. The van der Waals surface area contributed by atoms with Crippen LogP contribution in [-0.4, -0.2) is 66.9 Å². The summed E-state index contributed by atoms with van der Waals surface area (Å²) in [6.07, 6.45) is 0. The summed E-state index contributed by atoms with van der Waals surface area (Å²) in [6, 6.07) is 5.41. The predicted octanol–water partition coefficient (Wildman–Crippen LogP) is 0.140. The number of nitrogens with zero attached hydrogens (tertiary/aromatic N) is 3. The zero-order valence-electron chi connectivity index (χ0n) is 12.8. The van der Waals surface area contributed by atoms with Crippen molar-refractivity contribution in [2.45, 2.75) is 6.92 Å². The molecule has 1 aliphatic rings. The van der Waals surface area contributed by atoms with Crippen molar-refractivity contribution >= 4 is 11.8 Å². The van der Waals surface area contributed by atoms with Gasteiger partial charge in [0.15, 0.2) is 0 Å². The molecule has 6 nitrogen and oxygen atoms in total. The Morgan fingerprint density at radius 1 is 1.29 bits per heavy atom. The second kappa shape index (κ2) is 6.67. The third-order valence-electron chi connectivity index (χ3n) is 3.74. The van der Waals surface area contributed by atoms with E-state index in [1.165, 1.54) is 0 Å². The second-order valence-corrected chi connectivity index (χ2v) is 5.49. The number of nitrogens with one attached hydrogen (secondary N) is 1. The summed E-state index contributed by atoms with van der Waals surface area (Å²) in [4.78, 5) is 32.6. The van der Waals surface area contributed by atoms with E-state index in [1.54, 1.807) is 18.0 Å². The first-order valence-corrected chi connectivity index (χ1v) is 7.14. The number of rotatable bonds is 2. The summed E-state index contributed by atoms with van der Waals surface area (Å²) in [5.41, 5.74) is 1.26. The van der Waals surface area contributed by atoms with Gasteiger partial charge >= 0.3 is 0 Å². The molecular weight excluding hydrogens is 268 g/mol. The minimum absolute atomic E-state index is 0.0289. The molecule has 0 aromatic carbocycles. The van der Waals surface area contributed by atoms with Crippen LogP contribution in [0.1, 0.15) is 16.2 Å². The maximum atomic E-state index is 12.6. The number of hydrogen-bond acceptors (Lipinski definition) is 4. The van der Waals surface area contributed by atoms with Crippen LogP contribution >= 0.6 is 0 Å². The molecule has 2 heterocycles. The quantitative estimate of drug-likeness (QED) is 0.841. The van der Waals surface area contributed by atoms with Gasteiger partial charge in [0.05, 0.1) is 5.92 Å². The molecule has 2 rings (SSSR count). The van der Waals surface area contributed by atoms with E-state index in [1.807, 2.05) is 26.1 Å². The van der Waals surface area contributed by atoms with Crippen LogP contribution in [0, 0.1) is 12.8 Å². The van der Waals surface area contributed by atoms with Crippen molar-refractivity contribution in [3.63, 3.8) is 0 Å². The molecule has 1 aromatic heterocycles. The van der Waals surface area contributed by atoms with Crippen molar-refractivity contribution in [1.82, 2.24) is 20.1 Å². The molecule has 0 spiro atoms. The molecule has 0 aliphatic carbocycles. The Kier molecular flexibility index (Phi) is 4.90. The summed E-state index contributed by atoms with van der Waals surface area (Å²) in [5, 5.41) is 2.67. The molecule has 0 unspecified atom stereocenters. The Labute approximate surface area is 125 Å². The molecule has 0 bridgehead atoms. The van der Waals surface area contributed by atoms with E-state index in [2.05, 4.69) is 15.2 Å². The highest BCUT2D eigenvalue weighted by atomic mass is 16.2. The van der Waals surface area contributed by atoms with E-state index < -0.39 is 0 Å². The SMILES string of the molecule is CNC(=O)[C@@H]1CN(C)CCN(C(=O)c2cccc(C)n2)C1. The topological polar surface area (TPSA) is 65.5 Å². The van der Waals surface area contributed by atoms with Crippen LogP contribution < -0.4 is 5.32 Å². The summed E-state index contributed by atoms with van der Waals surface area (Å²) in [7, 11) is 3.59. The lowest BCUT2D eigenvalue weighted by Gasteiger charge is -2.23. The smallest absolute Gasteiger partial charge is 0.272 e. The molecule has 1 fully saturated rings. The summed E-state index contributed by atoms with van der Waals surface area (Å²) in [6.45, 7) is 4.31. The molecule has 1 atom stereocenters. The predicted molar refractivity (Wildman–Crippen MR) is 79.9 cm³/mol. The third-order valence-corrected chi connectivity index (χ3v) is 3.74. The number of carbonyl (C=O) groups excluding carboxylic acids is 2. The van der Waals surface area contributed by atoms with E-state index in [0.29, 0.717) is 25.3 Å². The number of pyridine rings is 1. The highest BCUT2D eigenvalue weighted by Crippen LogP contribution is 2.12. The molecule has 0 radical (unpaired) electrons. The summed E-state index contributed by atoms with van der Waals surface area (Å²) >= 11 is 0.